The lowest BCUT2D eigenvalue weighted by Gasteiger charge is -2.44. The molecule has 3 N–H and O–H groups in total. The Morgan fingerprint density at radius 1 is 0.848 bits per heavy atom. The van der Waals surface area contributed by atoms with Crippen molar-refractivity contribution in [1.29, 1.82) is 0 Å². The molecule has 4 atom stereocenters. The van der Waals surface area contributed by atoms with Gasteiger partial charge in [0.2, 0.25) is 11.8 Å². The molecule has 46 heavy (non-hydrogen) atoms. The minimum Gasteiger partial charge on any atom is -0.489 e. The van der Waals surface area contributed by atoms with Crippen LogP contribution >= 0.6 is 11.6 Å². The number of nitrogens with one attached hydrogen (secondary N) is 2. The van der Waals surface area contributed by atoms with Crippen molar-refractivity contribution in [2.45, 2.75) is 59.2 Å². The highest BCUT2D eigenvalue weighted by molar-refractivity contribution is 6.30. The molecule has 0 radical (unpaired) electrons. The van der Waals surface area contributed by atoms with Crippen LogP contribution in [0.4, 0.5) is 11.4 Å². The molecule has 1 fully saturated rings. The fraction of sp³-hybridized carbons (Fsp3) is 0.289. The topological polar surface area (TPSA) is 105 Å². The SMILES string of the molecule is Cc1ccc(C)c(NC(=O)C2C(=O)CC(C)(O)C(C(=O)Nc3cc(C)ccc3C)C2c2cccc(OCc3ccc(Cl)cc3)c2)c1. The van der Waals surface area contributed by atoms with Crippen molar-refractivity contribution in [3.8, 4) is 5.75 Å². The summed E-state index contributed by atoms with van der Waals surface area (Å²) >= 11 is 6.03. The van der Waals surface area contributed by atoms with Gasteiger partial charge in [-0.15, -0.1) is 0 Å². The van der Waals surface area contributed by atoms with Crippen LogP contribution in [0, 0.1) is 39.5 Å². The third-order valence-electron chi connectivity index (χ3n) is 8.70. The average molecular weight is 639 g/mol. The average Bonchev–Trinajstić information content (AvgIpc) is 2.99. The van der Waals surface area contributed by atoms with E-state index in [1.807, 2.05) is 76.2 Å². The van der Waals surface area contributed by atoms with Crippen molar-refractivity contribution in [2.75, 3.05) is 10.6 Å². The fourth-order valence-electron chi connectivity index (χ4n) is 6.21. The van der Waals surface area contributed by atoms with Crippen LogP contribution in [0.5, 0.6) is 5.75 Å². The smallest absolute Gasteiger partial charge is 0.235 e. The Morgan fingerprint density at radius 3 is 2.04 bits per heavy atom. The number of anilines is 2. The van der Waals surface area contributed by atoms with Crippen LogP contribution in [-0.2, 0) is 21.0 Å². The number of Topliss-reactive ketones (excluding diaryl/α,β-unsaturated/α-hetero) is 1. The Kier molecular flexibility index (Phi) is 9.66. The summed E-state index contributed by atoms with van der Waals surface area (Å²) in [6.07, 6.45) is -0.355. The van der Waals surface area contributed by atoms with Gasteiger partial charge in [0.25, 0.3) is 0 Å². The van der Waals surface area contributed by atoms with E-state index in [0.29, 0.717) is 27.7 Å². The van der Waals surface area contributed by atoms with Gasteiger partial charge < -0.3 is 20.5 Å². The van der Waals surface area contributed by atoms with E-state index >= 15 is 0 Å². The Hall–Kier alpha value is -4.46. The molecule has 1 aliphatic carbocycles. The molecule has 0 aromatic heterocycles. The van der Waals surface area contributed by atoms with Crippen LogP contribution in [0.3, 0.4) is 0 Å². The lowest BCUT2D eigenvalue weighted by atomic mass is 9.61. The molecule has 1 aliphatic rings. The molecule has 4 aromatic rings. The van der Waals surface area contributed by atoms with Gasteiger partial charge >= 0.3 is 0 Å². The molecule has 7 nitrogen and oxygen atoms in total. The van der Waals surface area contributed by atoms with Crippen LogP contribution in [0.25, 0.3) is 0 Å². The highest BCUT2D eigenvalue weighted by Crippen LogP contribution is 2.47. The zero-order valence-corrected chi connectivity index (χ0v) is 27.4. The second-order valence-electron chi connectivity index (χ2n) is 12.6. The Labute approximate surface area is 275 Å². The number of benzene rings is 4. The monoisotopic (exact) mass is 638 g/mol. The summed E-state index contributed by atoms with van der Waals surface area (Å²) in [4.78, 5) is 42.2. The predicted octanol–water partition coefficient (Wildman–Crippen LogP) is 7.47. The van der Waals surface area contributed by atoms with Crippen LogP contribution in [-0.4, -0.2) is 28.3 Å². The minimum absolute atomic E-state index is 0.259. The number of hydrogen-bond acceptors (Lipinski definition) is 5. The van der Waals surface area contributed by atoms with Crippen molar-refractivity contribution in [1.82, 2.24) is 0 Å². The number of aliphatic hydroxyl groups is 1. The van der Waals surface area contributed by atoms with Gasteiger partial charge in [-0.2, -0.15) is 0 Å². The van der Waals surface area contributed by atoms with E-state index in [1.165, 1.54) is 6.92 Å². The van der Waals surface area contributed by atoms with Gasteiger partial charge in [-0.3, -0.25) is 14.4 Å². The third kappa shape index (κ3) is 7.33. The maximum absolute atomic E-state index is 14.2. The van der Waals surface area contributed by atoms with Gasteiger partial charge in [0.05, 0.1) is 11.5 Å². The number of carbonyl (C=O) groups excluding carboxylic acids is 3. The minimum atomic E-state index is -1.74. The van der Waals surface area contributed by atoms with E-state index in [-0.39, 0.29) is 13.0 Å². The van der Waals surface area contributed by atoms with Crippen molar-refractivity contribution < 1.29 is 24.2 Å². The molecule has 2 amide bonds. The van der Waals surface area contributed by atoms with E-state index in [1.54, 1.807) is 36.4 Å². The standard InChI is InChI=1S/C38H39ClN2O5/c1-22-9-11-24(3)30(17-22)40-36(43)34-32(42)20-38(5,45)35(37(44)41-31-18-23(2)10-12-25(31)4)33(34)27-7-6-8-29(19-27)46-21-26-13-15-28(39)16-14-26/h6-19,33-35,45H,20-21H2,1-5H3,(H,40,43)(H,41,44). The third-order valence-corrected chi connectivity index (χ3v) is 8.95. The second-order valence-corrected chi connectivity index (χ2v) is 13.0. The van der Waals surface area contributed by atoms with Crippen LogP contribution < -0.4 is 15.4 Å². The molecule has 0 bridgehead atoms. The Bertz CT molecular complexity index is 1780. The van der Waals surface area contributed by atoms with Gasteiger partial charge in [-0.1, -0.05) is 60.1 Å². The normalized spacial score (nSPS) is 21.0. The number of rotatable bonds is 8. The fourth-order valence-corrected chi connectivity index (χ4v) is 6.34. The van der Waals surface area contributed by atoms with E-state index in [0.717, 1.165) is 27.8 Å². The zero-order chi connectivity index (χ0) is 33.2. The van der Waals surface area contributed by atoms with Gasteiger partial charge in [-0.05, 0) is 104 Å². The molecule has 5 rings (SSSR count). The van der Waals surface area contributed by atoms with Gasteiger partial charge in [-0.25, -0.2) is 0 Å². The Balaban J connectivity index is 1.56. The first-order chi connectivity index (χ1) is 21.8. The number of ether oxygens (including phenoxy) is 1. The van der Waals surface area contributed by atoms with Crippen LogP contribution in [0.2, 0.25) is 5.02 Å². The molecular weight excluding hydrogens is 600 g/mol. The van der Waals surface area contributed by atoms with E-state index in [9.17, 15) is 19.5 Å². The van der Waals surface area contributed by atoms with Crippen molar-refractivity contribution in [3.05, 3.63) is 123 Å². The van der Waals surface area contributed by atoms with Crippen molar-refractivity contribution >= 4 is 40.6 Å². The number of aryl methyl sites for hydroxylation is 4. The number of carbonyl (C=O) groups is 3. The molecule has 1 saturated carbocycles. The molecular formula is C38H39ClN2O5. The largest absolute Gasteiger partial charge is 0.489 e. The summed E-state index contributed by atoms with van der Waals surface area (Å²) in [5, 5.41) is 18.3. The van der Waals surface area contributed by atoms with Crippen LogP contribution in [0.15, 0.2) is 84.9 Å². The summed E-state index contributed by atoms with van der Waals surface area (Å²) in [6.45, 7) is 9.36. The number of amides is 2. The molecule has 4 aromatic carbocycles. The molecule has 0 saturated heterocycles. The second kappa shape index (κ2) is 13.5. The summed E-state index contributed by atoms with van der Waals surface area (Å²) < 4.78 is 6.09. The molecule has 0 heterocycles. The summed E-state index contributed by atoms with van der Waals surface area (Å²) in [7, 11) is 0. The summed E-state index contributed by atoms with van der Waals surface area (Å²) in [6, 6.07) is 25.8. The van der Waals surface area contributed by atoms with Crippen LogP contribution in [0.1, 0.15) is 52.6 Å². The Morgan fingerprint density at radius 2 is 1.43 bits per heavy atom. The number of ketones is 1. The van der Waals surface area contributed by atoms with Gasteiger partial charge in [0, 0.05) is 28.7 Å². The first-order valence-electron chi connectivity index (χ1n) is 15.3. The van der Waals surface area contributed by atoms with E-state index in [4.69, 9.17) is 16.3 Å². The zero-order valence-electron chi connectivity index (χ0n) is 26.7. The lowest BCUT2D eigenvalue weighted by Crippen LogP contribution is -2.56. The molecule has 0 spiro atoms. The summed E-state index contributed by atoms with van der Waals surface area (Å²) in [5.74, 6) is -4.35. The molecule has 8 heteroatoms. The highest BCUT2D eigenvalue weighted by atomic mass is 35.5. The van der Waals surface area contributed by atoms with E-state index in [2.05, 4.69) is 10.6 Å². The highest BCUT2D eigenvalue weighted by Gasteiger charge is 2.56. The van der Waals surface area contributed by atoms with Crippen molar-refractivity contribution in [3.63, 3.8) is 0 Å². The van der Waals surface area contributed by atoms with Gasteiger partial charge in [0.1, 0.15) is 24.1 Å². The first-order valence-corrected chi connectivity index (χ1v) is 15.7. The lowest BCUT2D eigenvalue weighted by molar-refractivity contribution is -0.150. The molecule has 0 aliphatic heterocycles. The number of hydrogen-bond donors (Lipinski definition) is 3. The molecule has 238 valence electrons. The maximum atomic E-state index is 14.2. The molecule has 4 unspecified atom stereocenters. The first kappa shape index (κ1) is 32.9. The maximum Gasteiger partial charge on any atom is 0.235 e. The van der Waals surface area contributed by atoms with E-state index < -0.39 is 41.0 Å². The van der Waals surface area contributed by atoms with Crippen molar-refractivity contribution in [2.24, 2.45) is 11.8 Å². The van der Waals surface area contributed by atoms with Gasteiger partial charge in [0.15, 0.2) is 0 Å². The number of halogens is 1. The predicted molar refractivity (Wildman–Crippen MR) is 181 cm³/mol. The quantitative estimate of drug-likeness (QED) is 0.174. The summed E-state index contributed by atoms with van der Waals surface area (Å²) in [5.41, 5.74) is 4.49.